The molecule has 1 heterocycles. The first-order valence-corrected chi connectivity index (χ1v) is 10.6. The Morgan fingerprint density at radius 2 is 1.68 bits per heavy atom. The Kier molecular flexibility index (Phi) is 6.05. The van der Waals surface area contributed by atoms with E-state index in [2.05, 4.69) is 5.32 Å². The Morgan fingerprint density at radius 1 is 1.00 bits per heavy atom. The minimum absolute atomic E-state index is 0.169. The zero-order valence-corrected chi connectivity index (χ0v) is 17.8. The van der Waals surface area contributed by atoms with Crippen LogP contribution in [0.4, 0.5) is 10.1 Å². The molecule has 0 bridgehead atoms. The van der Waals surface area contributed by atoms with Crippen molar-refractivity contribution in [3.8, 4) is 0 Å². The number of nitrogens with zero attached hydrogens (tertiary/aromatic N) is 1. The molecule has 4 nitrogen and oxygen atoms in total. The fourth-order valence-electron chi connectivity index (χ4n) is 3.81. The fraction of sp³-hybridized carbons (Fsp3) is 0.200. The van der Waals surface area contributed by atoms with Crippen LogP contribution in [0.1, 0.15) is 51.2 Å². The van der Waals surface area contributed by atoms with E-state index in [1.165, 1.54) is 24.3 Å². The molecule has 0 saturated carbocycles. The van der Waals surface area contributed by atoms with Crippen molar-refractivity contribution in [3.05, 3.63) is 99.8 Å². The zero-order chi connectivity index (χ0) is 22.0. The van der Waals surface area contributed by atoms with E-state index >= 15 is 0 Å². The van der Waals surface area contributed by atoms with Crippen LogP contribution in [0, 0.1) is 5.82 Å². The molecular formula is C25H22ClFN2O2. The van der Waals surface area contributed by atoms with Crippen LogP contribution in [-0.4, -0.2) is 18.4 Å². The lowest BCUT2D eigenvalue weighted by molar-refractivity contribution is 0.0939. The van der Waals surface area contributed by atoms with Crippen LogP contribution in [-0.2, 0) is 6.42 Å². The Bertz CT molecular complexity index is 1110. The molecule has 1 N–H and O–H groups in total. The van der Waals surface area contributed by atoms with Crippen molar-refractivity contribution >= 4 is 29.1 Å². The van der Waals surface area contributed by atoms with Gasteiger partial charge in [0.1, 0.15) is 5.82 Å². The predicted octanol–water partition coefficient (Wildman–Crippen LogP) is 5.56. The average molecular weight is 437 g/mol. The lowest BCUT2D eigenvalue weighted by atomic mass is 9.97. The molecule has 1 atom stereocenters. The summed E-state index contributed by atoms with van der Waals surface area (Å²) in [6, 6.07) is 18.2. The van der Waals surface area contributed by atoms with Crippen LogP contribution in [0.15, 0.2) is 66.7 Å². The smallest absolute Gasteiger partial charge is 0.258 e. The number of nitrogens with one attached hydrogen (secondary N) is 1. The van der Waals surface area contributed by atoms with Crippen LogP contribution in [0.25, 0.3) is 0 Å². The number of hydrogen-bond donors (Lipinski definition) is 1. The summed E-state index contributed by atoms with van der Waals surface area (Å²) < 4.78 is 13.2. The summed E-state index contributed by atoms with van der Waals surface area (Å²) in [6.45, 7) is 2.50. The summed E-state index contributed by atoms with van der Waals surface area (Å²) in [5.74, 6) is -0.721. The van der Waals surface area contributed by atoms with E-state index in [9.17, 15) is 14.0 Å². The van der Waals surface area contributed by atoms with Gasteiger partial charge in [-0.05, 0) is 85.5 Å². The second kappa shape index (κ2) is 8.90. The molecule has 0 saturated heterocycles. The van der Waals surface area contributed by atoms with Gasteiger partial charge >= 0.3 is 0 Å². The van der Waals surface area contributed by atoms with Crippen LogP contribution >= 0.6 is 11.6 Å². The molecule has 158 valence electrons. The zero-order valence-electron chi connectivity index (χ0n) is 17.1. The molecule has 6 heteroatoms. The van der Waals surface area contributed by atoms with Crippen molar-refractivity contribution in [1.82, 2.24) is 5.32 Å². The number of anilines is 1. The predicted molar refractivity (Wildman–Crippen MR) is 120 cm³/mol. The third-order valence-corrected chi connectivity index (χ3v) is 5.77. The Hall–Kier alpha value is -3.18. The number of benzene rings is 3. The monoisotopic (exact) mass is 436 g/mol. The summed E-state index contributed by atoms with van der Waals surface area (Å²) in [4.78, 5) is 27.4. The fourth-order valence-corrected chi connectivity index (χ4v) is 3.94. The van der Waals surface area contributed by atoms with E-state index in [4.69, 9.17) is 11.6 Å². The standard InChI is InChI=1S/C25H22ClFN2O2/c1-16(17-4-9-21(26)10-5-17)28-24(30)20-8-13-23-19(15-20)3-2-14-29(23)25(31)18-6-11-22(27)12-7-18/h4-13,15-16H,2-3,14H2,1H3,(H,28,30). The molecule has 1 aliphatic rings. The molecule has 4 rings (SSSR count). The first-order valence-electron chi connectivity index (χ1n) is 10.2. The quantitative estimate of drug-likeness (QED) is 0.581. The largest absolute Gasteiger partial charge is 0.346 e. The third-order valence-electron chi connectivity index (χ3n) is 5.51. The van der Waals surface area contributed by atoms with Crippen molar-refractivity contribution in [2.24, 2.45) is 0 Å². The summed E-state index contributed by atoms with van der Waals surface area (Å²) in [6.07, 6.45) is 1.59. The van der Waals surface area contributed by atoms with Crippen molar-refractivity contribution in [3.63, 3.8) is 0 Å². The van der Waals surface area contributed by atoms with Crippen LogP contribution in [0.5, 0.6) is 0 Å². The Morgan fingerprint density at radius 3 is 2.39 bits per heavy atom. The van der Waals surface area contributed by atoms with Gasteiger partial charge in [0.05, 0.1) is 6.04 Å². The molecule has 0 aliphatic carbocycles. The molecule has 3 aromatic carbocycles. The van der Waals surface area contributed by atoms with Gasteiger partial charge in [-0.2, -0.15) is 0 Å². The van der Waals surface area contributed by atoms with E-state index in [1.54, 1.807) is 23.1 Å². The number of hydrogen-bond acceptors (Lipinski definition) is 2. The molecule has 3 aromatic rings. The number of carbonyl (C=O) groups excluding carboxylic acids is 2. The number of aryl methyl sites for hydroxylation is 1. The molecule has 2 amide bonds. The molecular weight excluding hydrogens is 415 g/mol. The maximum absolute atomic E-state index is 13.2. The third kappa shape index (κ3) is 4.62. The van der Waals surface area contributed by atoms with Crippen LogP contribution in [0.3, 0.4) is 0 Å². The van der Waals surface area contributed by atoms with Gasteiger partial charge in [-0.3, -0.25) is 9.59 Å². The SMILES string of the molecule is CC(NC(=O)c1ccc2c(c1)CCCN2C(=O)c1ccc(F)cc1)c1ccc(Cl)cc1. The highest BCUT2D eigenvalue weighted by Gasteiger charge is 2.24. The second-order valence-corrected chi connectivity index (χ2v) is 8.09. The normalized spacial score (nSPS) is 14.0. The average Bonchev–Trinajstić information content (AvgIpc) is 2.78. The van der Waals surface area contributed by atoms with Crippen molar-refractivity contribution < 1.29 is 14.0 Å². The van der Waals surface area contributed by atoms with Gasteiger partial charge in [0.2, 0.25) is 0 Å². The number of amides is 2. The summed E-state index contributed by atoms with van der Waals surface area (Å²) in [5, 5.41) is 3.66. The van der Waals surface area contributed by atoms with Gasteiger partial charge < -0.3 is 10.2 Å². The van der Waals surface area contributed by atoms with Gasteiger partial charge in [0.15, 0.2) is 0 Å². The molecule has 0 fully saturated rings. The van der Waals surface area contributed by atoms with Crippen molar-refractivity contribution in [2.45, 2.75) is 25.8 Å². The van der Waals surface area contributed by atoms with E-state index < -0.39 is 0 Å². The van der Waals surface area contributed by atoms with Gasteiger partial charge in [0.25, 0.3) is 11.8 Å². The summed E-state index contributed by atoms with van der Waals surface area (Å²) >= 11 is 5.93. The molecule has 31 heavy (non-hydrogen) atoms. The number of fused-ring (bicyclic) bond motifs is 1. The van der Waals surface area contributed by atoms with Gasteiger partial charge in [-0.1, -0.05) is 23.7 Å². The molecule has 1 unspecified atom stereocenters. The van der Waals surface area contributed by atoms with Gasteiger partial charge in [0, 0.05) is 28.4 Å². The highest BCUT2D eigenvalue weighted by Crippen LogP contribution is 2.30. The number of halogens is 2. The maximum atomic E-state index is 13.2. The maximum Gasteiger partial charge on any atom is 0.258 e. The van der Waals surface area contributed by atoms with Crippen molar-refractivity contribution in [2.75, 3.05) is 11.4 Å². The van der Waals surface area contributed by atoms with E-state index in [0.717, 1.165) is 29.7 Å². The van der Waals surface area contributed by atoms with E-state index in [0.29, 0.717) is 22.7 Å². The topological polar surface area (TPSA) is 49.4 Å². The number of carbonyl (C=O) groups is 2. The lowest BCUT2D eigenvalue weighted by Gasteiger charge is -2.30. The van der Waals surface area contributed by atoms with Gasteiger partial charge in [-0.25, -0.2) is 4.39 Å². The highest BCUT2D eigenvalue weighted by molar-refractivity contribution is 6.30. The first kappa shape index (κ1) is 21.1. The van der Waals surface area contributed by atoms with E-state index in [-0.39, 0.29) is 23.7 Å². The minimum atomic E-state index is -0.376. The second-order valence-electron chi connectivity index (χ2n) is 7.66. The molecule has 0 radical (unpaired) electrons. The molecule has 0 aromatic heterocycles. The summed E-state index contributed by atoms with van der Waals surface area (Å²) in [5.41, 5.74) is 3.70. The van der Waals surface area contributed by atoms with Crippen molar-refractivity contribution in [1.29, 1.82) is 0 Å². The summed E-state index contributed by atoms with van der Waals surface area (Å²) in [7, 11) is 0. The lowest BCUT2D eigenvalue weighted by Crippen LogP contribution is -2.35. The number of rotatable bonds is 4. The first-order chi connectivity index (χ1) is 14.9. The van der Waals surface area contributed by atoms with Gasteiger partial charge in [-0.15, -0.1) is 0 Å². The van der Waals surface area contributed by atoms with Crippen LogP contribution < -0.4 is 10.2 Å². The minimum Gasteiger partial charge on any atom is -0.346 e. The molecule has 1 aliphatic heterocycles. The molecule has 0 spiro atoms. The Balaban J connectivity index is 1.52. The highest BCUT2D eigenvalue weighted by atomic mass is 35.5. The van der Waals surface area contributed by atoms with Crippen LogP contribution in [0.2, 0.25) is 5.02 Å². The van der Waals surface area contributed by atoms with E-state index in [1.807, 2.05) is 31.2 Å². The Labute approximate surface area is 185 Å².